The molecular weight excluding hydrogens is 327 g/mol. The van der Waals surface area contributed by atoms with Gasteiger partial charge in [0.1, 0.15) is 0 Å². The van der Waals surface area contributed by atoms with Crippen molar-refractivity contribution in [3.8, 4) is 0 Å². The van der Waals surface area contributed by atoms with Crippen LogP contribution in [-0.2, 0) is 9.53 Å². The van der Waals surface area contributed by atoms with Crippen molar-refractivity contribution in [2.75, 3.05) is 7.11 Å². The first kappa shape index (κ1) is 17.7. The first-order valence-electron chi connectivity index (χ1n) is 7.37. The molecule has 0 saturated heterocycles. The zero-order valence-corrected chi connectivity index (χ0v) is 14.8. The fourth-order valence-electron chi connectivity index (χ4n) is 1.83. The molecule has 0 fully saturated rings. The molecule has 114 valence electrons. The molecular formula is C18H24O2Se. The quantitative estimate of drug-likeness (QED) is 0.235. The molecule has 0 aliphatic carbocycles. The van der Waals surface area contributed by atoms with E-state index < -0.39 is 0 Å². The second kappa shape index (κ2) is 10.4. The van der Waals surface area contributed by atoms with Crippen LogP contribution in [0.15, 0.2) is 52.5 Å². The van der Waals surface area contributed by atoms with Crippen molar-refractivity contribution in [1.82, 2.24) is 0 Å². The van der Waals surface area contributed by atoms with Crippen molar-refractivity contribution < 1.29 is 9.53 Å². The van der Waals surface area contributed by atoms with E-state index in [-0.39, 0.29) is 20.9 Å². The Kier molecular flexibility index (Phi) is 8.80. The topological polar surface area (TPSA) is 26.3 Å². The van der Waals surface area contributed by atoms with Gasteiger partial charge in [-0.3, -0.25) is 0 Å². The van der Waals surface area contributed by atoms with Gasteiger partial charge in [0.2, 0.25) is 0 Å². The second-order valence-electron chi connectivity index (χ2n) is 4.84. The predicted molar refractivity (Wildman–Crippen MR) is 89.8 cm³/mol. The van der Waals surface area contributed by atoms with Crippen molar-refractivity contribution in [2.45, 2.75) is 39.5 Å². The van der Waals surface area contributed by atoms with Crippen molar-refractivity contribution >= 4 is 25.4 Å². The molecule has 0 unspecified atom stereocenters. The van der Waals surface area contributed by atoms with Crippen LogP contribution < -0.4 is 4.46 Å². The Labute approximate surface area is 134 Å². The van der Waals surface area contributed by atoms with E-state index in [1.54, 1.807) is 0 Å². The number of methoxy groups -OCH3 is 1. The van der Waals surface area contributed by atoms with E-state index in [0.29, 0.717) is 5.57 Å². The van der Waals surface area contributed by atoms with Crippen LogP contribution in [0.25, 0.3) is 0 Å². The van der Waals surface area contributed by atoms with Gasteiger partial charge in [-0.1, -0.05) is 0 Å². The number of allylic oxidation sites excluding steroid dienone is 3. The predicted octanol–water partition coefficient (Wildman–Crippen LogP) is 3.60. The molecule has 0 spiro atoms. The Morgan fingerprint density at radius 3 is 2.57 bits per heavy atom. The van der Waals surface area contributed by atoms with E-state index in [2.05, 4.69) is 37.3 Å². The average Bonchev–Trinajstić information content (AvgIpc) is 2.51. The van der Waals surface area contributed by atoms with Gasteiger partial charge < -0.3 is 0 Å². The molecule has 0 saturated carbocycles. The van der Waals surface area contributed by atoms with Crippen LogP contribution in [-0.4, -0.2) is 28.0 Å². The van der Waals surface area contributed by atoms with Crippen molar-refractivity contribution in [3.63, 3.8) is 0 Å². The number of carbonyl (C=O) groups excluding carboxylic acids is 1. The van der Waals surface area contributed by atoms with Gasteiger partial charge in [0.15, 0.2) is 0 Å². The SMILES string of the molecule is CCCCC/C=C(/C=C(\C)C(=O)OC)[Se]c1ccccc1. The normalized spacial score (nSPS) is 12.3. The Bertz CT molecular complexity index is 489. The maximum absolute atomic E-state index is 11.6. The van der Waals surface area contributed by atoms with Gasteiger partial charge in [0, 0.05) is 0 Å². The molecule has 0 aromatic heterocycles. The number of hydrogen-bond acceptors (Lipinski definition) is 2. The van der Waals surface area contributed by atoms with Gasteiger partial charge in [-0.2, -0.15) is 0 Å². The summed E-state index contributed by atoms with van der Waals surface area (Å²) in [6, 6.07) is 10.4. The summed E-state index contributed by atoms with van der Waals surface area (Å²) in [4.78, 5) is 11.6. The zero-order valence-electron chi connectivity index (χ0n) is 13.1. The summed E-state index contributed by atoms with van der Waals surface area (Å²) >= 11 is 0.225. The molecule has 1 rings (SSSR count). The van der Waals surface area contributed by atoms with Gasteiger partial charge in [0.25, 0.3) is 0 Å². The number of esters is 1. The van der Waals surface area contributed by atoms with Crippen molar-refractivity contribution in [1.29, 1.82) is 0 Å². The molecule has 0 bridgehead atoms. The van der Waals surface area contributed by atoms with E-state index in [1.807, 2.05) is 19.1 Å². The average molecular weight is 351 g/mol. The molecule has 3 heteroatoms. The summed E-state index contributed by atoms with van der Waals surface area (Å²) in [5.74, 6) is -0.252. The molecule has 0 radical (unpaired) electrons. The maximum atomic E-state index is 11.6. The Hall–Kier alpha value is -1.31. The molecule has 0 atom stereocenters. The van der Waals surface area contributed by atoms with E-state index in [9.17, 15) is 4.79 Å². The Balaban J connectivity index is 2.81. The standard InChI is InChI=1S/C18H24O2Se/c1-4-5-6-8-13-17(14-15(2)18(19)20-3)21-16-11-9-7-10-12-16/h7,9-14H,4-6,8H2,1-3H3/b15-14+,17-13-. The minimum absolute atomic E-state index is 0.225. The first-order valence-corrected chi connectivity index (χ1v) is 9.08. The number of carbonyl (C=O) groups is 1. The summed E-state index contributed by atoms with van der Waals surface area (Å²) in [6.45, 7) is 4.02. The van der Waals surface area contributed by atoms with Crippen LogP contribution in [0.1, 0.15) is 39.5 Å². The monoisotopic (exact) mass is 352 g/mol. The third-order valence-electron chi connectivity index (χ3n) is 3.00. The third kappa shape index (κ3) is 7.31. The van der Waals surface area contributed by atoms with Crippen LogP contribution in [0.3, 0.4) is 0 Å². The molecule has 21 heavy (non-hydrogen) atoms. The molecule has 1 aromatic carbocycles. The van der Waals surface area contributed by atoms with Gasteiger partial charge >= 0.3 is 134 Å². The number of hydrogen-bond donors (Lipinski definition) is 0. The number of benzene rings is 1. The Morgan fingerprint density at radius 2 is 1.95 bits per heavy atom. The molecule has 2 nitrogen and oxygen atoms in total. The van der Waals surface area contributed by atoms with Crippen molar-refractivity contribution in [3.05, 3.63) is 52.5 Å². The number of rotatable bonds is 8. The zero-order chi connectivity index (χ0) is 15.5. The fraction of sp³-hybridized carbons (Fsp3) is 0.389. The molecule has 0 aliphatic rings. The molecule has 0 aliphatic heterocycles. The van der Waals surface area contributed by atoms with Crippen LogP contribution in [0.5, 0.6) is 0 Å². The third-order valence-corrected chi connectivity index (χ3v) is 5.16. The molecule has 0 heterocycles. The van der Waals surface area contributed by atoms with Gasteiger partial charge in [0.05, 0.1) is 0 Å². The summed E-state index contributed by atoms with van der Waals surface area (Å²) in [6.07, 6.45) is 9.00. The van der Waals surface area contributed by atoms with E-state index in [0.717, 1.165) is 6.42 Å². The number of ether oxygens (including phenoxy) is 1. The fourth-order valence-corrected chi connectivity index (χ4v) is 3.93. The van der Waals surface area contributed by atoms with Gasteiger partial charge in [-0.15, -0.1) is 0 Å². The van der Waals surface area contributed by atoms with Crippen LogP contribution in [0, 0.1) is 0 Å². The summed E-state index contributed by atoms with van der Waals surface area (Å²) < 4.78 is 7.34. The molecule has 0 amide bonds. The van der Waals surface area contributed by atoms with E-state index in [1.165, 1.54) is 35.3 Å². The number of unbranched alkanes of at least 4 members (excludes halogenated alkanes) is 3. The Morgan fingerprint density at radius 1 is 1.24 bits per heavy atom. The molecule has 1 aromatic rings. The van der Waals surface area contributed by atoms with Crippen LogP contribution in [0.2, 0.25) is 0 Å². The summed E-state index contributed by atoms with van der Waals surface area (Å²) in [7, 11) is 1.42. The van der Waals surface area contributed by atoms with Crippen LogP contribution in [0.4, 0.5) is 0 Å². The van der Waals surface area contributed by atoms with Crippen LogP contribution >= 0.6 is 0 Å². The van der Waals surface area contributed by atoms with Gasteiger partial charge in [-0.25, -0.2) is 0 Å². The molecule has 0 N–H and O–H groups in total. The van der Waals surface area contributed by atoms with E-state index >= 15 is 0 Å². The minimum atomic E-state index is -0.252. The van der Waals surface area contributed by atoms with Crippen molar-refractivity contribution in [2.24, 2.45) is 0 Å². The summed E-state index contributed by atoms with van der Waals surface area (Å²) in [5, 5.41) is 0. The van der Waals surface area contributed by atoms with E-state index in [4.69, 9.17) is 4.74 Å². The first-order chi connectivity index (χ1) is 10.2. The van der Waals surface area contributed by atoms with Gasteiger partial charge in [-0.05, 0) is 0 Å². The summed E-state index contributed by atoms with van der Waals surface area (Å²) in [5.41, 5.74) is 0.664. The second-order valence-corrected chi connectivity index (χ2v) is 7.24.